The smallest absolute Gasteiger partial charge is 0.0411 e. The molecular weight excluding hydrogens is 192 g/mol. The molecule has 2 aliphatic rings. The van der Waals surface area contributed by atoms with E-state index in [9.17, 15) is 0 Å². The molecule has 0 aromatic carbocycles. The third-order valence-electron chi connectivity index (χ3n) is 5.03. The van der Waals surface area contributed by atoms with E-state index in [4.69, 9.17) is 0 Å². The first-order valence-corrected chi connectivity index (χ1v) is 7.84. The summed E-state index contributed by atoms with van der Waals surface area (Å²) in [7, 11) is 0. The lowest BCUT2D eigenvalue weighted by atomic mass is 9.92. The fraction of sp³-hybridized carbons (Fsp3) is 1.00. The van der Waals surface area contributed by atoms with E-state index in [1.165, 1.54) is 51.4 Å². The maximum atomic E-state index is 2.48. The lowest BCUT2D eigenvalue weighted by Gasteiger charge is -2.14. The molecule has 0 nitrogen and oxygen atoms in total. The van der Waals surface area contributed by atoms with E-state index in [1.54, 1.807) is 25.7 Å². The van der Waals surface area contributed by atoms with Crippen molar-refractivity contribution in [3.8, 4) is 0 Å². The van der Waals surface area contributed by atoms with Crippen molar-refractivity contribution < 1.29 is 0 Å². The monoisotopic (exact) mass is 222 g/mol. The van der Waals surface area contributed by atoms with Gasteiger partial charge < -0.3 is 0 Å². The zero-order valence-electron chi connectivity index (χ0n) is 11.2. The van der Waals surface area contributed by atoms with Crippen LogP contribution in [0.2, 0.25) is 0 Å². The lowest BCUT2D eigenvalue weighted by Crippen LogP contribution is -2.01. The van der Waals surface area contributed by atoms with Crippen LogP contribution in [0.4, 0.5) is 0 Å². The molecule has 2 rings (SSSR count). The van der Waals surface area contributed by atoms with Gasteiger partial charge in [0.05, 0.1) is 0 Å². The molecule has 0 radical (unpaired) electrons. The van der Waals surface area contributed by atoms with Gasteiger partial charge in [0, 0.05) is 0 Å². The minimum atomic E-state index is 1.000. The number of fused-ring (bicyclic) bond motifs is 2. The van der Waals surface area contributed by atoms with Crippen LogP contribution in [0, 0.1) is 17.8 Å². The van der Waals surface area contributed by atoms with Crippen molar-refractivity contribution in [3.05, 3.63) is 0 Å². The molecule has 0 aliphatic heterocycles. The second-order valence-corrected chi connectivity index (χ2v) is 6.57. The number of rotatable bonds is 0. The Morgan fingerprint density at radius 3 is 1.94 bits per heavy atom. The Balaban J connectivity index is 1.78. The van der Waals surface area contributed by atoms with Crippen molar-refractivity contribution in [2.45, 2.75) is 84.0 Å². The van der Waals surface area contributed by atoms with Crippen LogP contribution in [-0.4, -0.2) is 0 Å². The number of hydrogen-bond donors (Lipinski definition) is 0. The largest absolute Gasteiger partial charge is 0.0625 e. The Morgan fingerprint density at radius 2 is 1.12 bits per heavy atom. The van der Waals surface area contributed by atoms with Crippen molar-refractivity contribution in [2.24, 2.45) is 17.8 Å². The number of hydrogen-bond acceptors (Lipinski definition) is 0. The van der Waals surface area contributed by atoms with Gasteiger partial charge >= 0.3 is 0 Å². The molecule has 0 aromatic heterocycles. The zero-order chi connectivity index (χ0) is 11.2. The predicted molar refractivity (Wildman–Crippen MR) is 71.5 cm³/mol. The molecule has 94 valence electrons. The highest BCUT2D eigenvalue weighted by atomic mass is 14.3. The van der Waals surface area contributed by atoms with Crippen molar-refractivity contribution in [1.29, 1.82) is 0 Å². The summed E-state index contributed by atoms with van der Waals surface area (Å²) in [6.45, 7) is 2.48. The van der Waals surface area contributed by atoms with Crippen LogP contribution < -0.4 is 0 Å². The van der Waals surface area contributed by atoms with Crippen LogP contribution in [0.1, 0.15) is 84.0 Å². The summed E-state index contributed by atoms with van der Waals surface area (Å²) in [5, 5.41) is 0. The molecule has 2 fully saturated rings. The van der Waals surface area contributed by atoms with E-state index in [0.717, 1.165) is 17.8 Å². The first-order chi connectivity index (χ1) is 7.84. The van der Waals surface area contributed by atoms with Gasteiger partial charge in [-0.2, -0.15) is 0 Å². The molecule has 0 N–H and O–H groups in total. The summed E-state index contributed by atoms with van der Waals surface area (Å²) in [6.07, 6.45) is 18.3. The van der Waals surface area contributed by atoms with E-state index in [2.05, 4.69) is 6.92 Å². The molecule has 0 heteroatoms. The van der Waals surface area contributed by atoms with Gasteiger partial charge in [0.15, 0.2) is 0 Å². The Bertz CT molecular complexity index is 184. The zero-order valence-corrected chi connectivity index (χ0v) is 11.2. The first-order valence-electron chi connectivity index (χ1n) is 7.84. The molecule has 16 heavy (non-hydrogen) atoms. The molecule has 2 saturated carbocycles. The van der Waals surface area contributed by atoms with Crippen molar-refractivity contribution in [1.82, 2.24) is 0 Å². The van der Waals surface area contributed by atoms with Crippen LogP contribution in [0.15, 0.2) is 0 Å². The highest BCUT2D eigenvalue weighted by Gasteiger charge is 2.24. The molecule has 0 aromatic rings. The van der Waals surface area contributed by atoms with E-state index in [0.29, 0.717) is 0 Å². The van der Waals surface area contributed by atoms with Crippen LogP contribution in [0.5, 0.6) is 0 Å². The highest BCUT2D eigenvalue weighted by molar-refractivity contribution is 4.76. The van der Waals surface area contributed by atoms with Crippen LogP contribution in [-0.2, 0) is 0 Å². The molecule has 0 saturated heterocycles. The van der Waals surface area contributed by atoms with Gasteiger partial charge in [0.2, 0.25) is 0 Å². The van der Waals surface area contributed by atoms with Crippen LogP contribution >= 0.6 is 0 Å². The fourth-order valence-electron chi connectivity index (χ4n) is 3.82. The molecule has 3 atom stereocenters. The van der Waals surface area contributed by atoms with E-state index in [1.807, 2.05) is 0 Å². The Hall–Kier alpha value is 0. The van der Waals surface area contributed by atoms with Crippen molar-refractivity contribution in [2.75, 3.05) is 0 Å². The molecule has 2 unspecified atom stereocenters. The standard InChI is InChI=1S/C16H30/c1-14-7-5-3-2-4-6-8-15-11-12-16(13-15)10-9-14/h14-16H,2-13H2,1H3/t14-,15?,16?/m1/s1. The summed E-state index contributed by atoms with van der Waals surface area (Å²) < 4.78 is 0. The van der Waals surface area contributed by atoms with Gasteiger partial charge in [0.25, 0.3) is 0 Å². The summed E-state index contributed by atoms with van der Waals surface area (Å²) >= 11 is 0. The molecule has 0 spiro atoms. The maximum absolute atomic E-state index is 2.48. The third kappa shape index (κ3) is 4.11. The van der Waals surface area contributed by atoms with E-state index >= 15 is 0 Å². The quantitative estimate of drug-likeness (QED) is 0.503. The summed E-state index contributed by atoms with van der Waals surface area (Å²) in [4.78, 5) is 0. The molecule has 0 heterocycles. The highest BCUT2D eigenvalue weighted by Crippen LogP contribution is 2.38. The van der Waals surface area contributed by atoms with E-state index < -0.39 is 0 Å². The van der Waals surface area contributed by atoms with Gasteiger partial charge in [-0.3, -0.25) is 0 Å². The van der Waals surface area contributed by atoms with Crippen LogP contribution in [0.25, 0.3) is 0 Å². The SMILES string of the molecule is C[C@@H]1CCCCCCCC2CCC(CC1)C2. The van der Waals surface area contributed by atoms with E-state index in [-0.39, 0.29) is 0 Å². The third-order valence-corrected chi connectivity index (χ3v) is 5.03. The van der Waals surface area contributed by atoms with Crippen molar-refractivity contribution >= 4 is 0 Å². The van der Waals surface area contributed by atoms with Crippen LogP contribution in [0.3, 0.4) is 0 Å². The minimum Gasteiger partial charge on any atom is -0.0625 e. The normalized spacial score (nSPS) is 38.4. The average molecular weight is 222 g/mol. The molecule has 0 amide bonds. The summed E-state index contributed by atoms with van der Waals surface area (Å²) in [5.74, 6) is 3.22. The van der Waals surface area contributed by atoms with Gasteiger partial charge in [-0.05, 0) is 24.2 Å². The first kappa shape index (κ1) is 12.5. The molecule has 2 bridgehead atoms. The Labute approximate surface area is 102 Å². The summed E-state index contributed by atoms with van der Waals surface area (Å²) in [6, 6.07) is 0. The van der Waals surface area contributed by atoms with Gasteiger partial charge in [-0.1, -0.05) is 77.6 Å². The Kier molecular flexibility index (Phi) is 5.19. The predicted octanol–water partition coefficient (Wildman–Crippen LogP) is 5.56. The second-order valence-electron chi connectivity index (χ2n) is 6.57. The lowest BCUT2D eigenvalue weighted by molar-refractivity contribution is 0.381. The second kappa shape index (κ2) is 6.67. The van der Waals surface area contributed by atoms with Gasteiger partial charge in [0.1, 0.15) is 0 Å². The molecular formula is C16H30. The average Bonchev–Trinajstić information content (AvgIpc) is 2.73. The molecule has 2 aliphatic carbocycles. The van der Waals surface area contributed by atoms with Gasteiger partial charge in [-0.25, -0.2) is 0 Å². The maximum Gasteiger partial charge on any atom is -0.0411 e. The minimum absolute atomic E-state index is 1.000. The topological polar surface area (TPSA) is 0 Å². The Morgan fingerprint density at radius 1 is 0.562 bits per heavy atom. The van der Waals surface area contributed by atoms with Crippen molar-refractivity contribution in [3.63, 3.8) is 0 Å². The van der Waals surface area contributed by atoms with Gasteiger partial charge in [-0.15, -0.1) is 0 Å². The summed E-state index contributed by atoms with van der Waals surface area (Å²) in [5.41, 5.74) is 0. The fourth-order valence-corrected chi connectivity index (χ4v) is 3.82.